The number of aromatic amines is 1. The zero-order valence-corrected chi connectivity index (χ0v) is 9.75. The number of ether oxygens (including phenoxy) is 2. The summed E-state index contributed by atoms with van der Waals surface area (Å²) in [5, 5.41) is 0. The Morgan fingerprint density at radius 2 is 2.28 bits per heavy atom. The van der Waals surface area contributed by atoms with Crippen LogP contribution in [0.3, 0.4) is 0 Å². The first-order valence-corrected chi connectivity index (χ1v) is 5.51. The number of rotatable bonds is 2. The monoisotopic (exact) mass is 252 g/mol. The average molecular weight is 252 g/mol. The summed E-state index contributed by atoms with van der Waals surface area (Å²) < 4.78 is 11.7. The lowest BCUT2D eigenvalue weighted by Gasteiger charge is -2.23. The molecule has 2 aromatic rings. The van der Waals surface area contributed by atoms with Crippen LogP contribution >= 0.6 is 0 Å². The third-order valence-corrected chi connectivity index (χ3v) is 2.60. The average Bonchev–Trinajstić information content (AvgIpc) is 2.70. The van der Waals surface area contributed by atoms with Crippen molar-refractivity contribution in [2.75, 3.05) is 20.0 Å². The number of nitrogens with one attached hydrogen (secondary N) is 1. The molecule has 96 valence electrons. The van der Waals surface area contributed by atoms with Gasteiger partial charge in [0, 0.05) is 0 Å². The van der Waals surface area contributed by atoms with Crippen molar-refractivity contribution in [1.82, 2.24) is 19.7 Å². The quantitative estimate of drug-likeness (QED) is 0.754. The van der Waals surface area contributed by atoms with Crippen LogP contribution in [0.1, 0.15) is 5.82 Å². The Morgan fingerprint density at radius 3 is 3.06 bits per heavy atom. The Balaban J connectivity index is 1.98. The fraction of sp³-hybridized carbons (Fsp3) is 0.500. The van der Waals surface area contributed by atoms with E-state index in [9.17, 15) is 4.79 Å². The molecule has 2 aromatic heterocycles. The first-order chi connectivity index (χ1) is 8.75. The van der Waals surface area contributed by atoms with Crippen molar-refractivity contribution >= 4 is 11.2 Å². The molecule has 0 radical (unpaired) electrons. The standard InChI is InChI=1S/C10H12N4O4/c1-6-13-8-9(11-4-12-10(8)15)14(6)18-7-2-16-5-17-3-7/h4,7H,2-3,5H2,1H3,(H,11,12,15). The maximum absolute atomic E-state index is 11.6. The molecule has 0 saturated carbocycles. The number of aromatic nitrogens is 4. The summed E-state index contributed by atoms with van der Waals surface area (Å²) in [6.45, 7) is 2.89. The van der Waals surface area contributed by atoms with E-state index in [-0.39, 0.29) is 24.0 Å². The van der Waals surface area contributed by atoms with E-state index in [0.717, 1.165) is 0 Å². The maximum atomic E-state index is 11.6. The number of hydrogen-bond acceptors (Lipinski definition) is 6. The Kier molecular flexibility index (Phi) is 2.73. The van der Waals surface area contributed by atoms with Gasteiger partial charge in [0.25, 0.3) is 5.56 Å². The zero-order chi connectivity index (χ0) is 12.5. The first-order valence-electron chi connectivity index (χ1n) is 5.51. The molecule has 1 N–H and O–H groups in total. The van der Waals surface area contributed by atoms with Gasteiger partial charge in [0.05, 0.1) is 19.5 Å². The summed E-state index contributed by atoms with van der Waals surface area (Å²) in [5.74, 6) is 0.555. The number of imidazole rings is 1. The predicted octanol–water partition coefficient (Wildman–Crippen LogP) is -0.770. The van der Waals surface area contributed by atoms with Crippen LogP contribution in [-0.4, -0.2) is 45.8 Å². The van der Waals surface area contributed by atoms with Crippen molar-refractivity contribution < 1.29 is 14.3 Å². The third-order valence-electron chi connectivity index (χ3n) is 2.60. The van der Waals surface area contributed by atoms with Gasteiger partial charge in [0.15, 0.2) is 11.6 Å². The molecule has 0 amide bonds. The lowest BCUT2D eigenvalue weighted by atomic mass is 10.4. The summed E-state index contributed by atoms with van der Waals surface area (Å²) in [4.78, 5) is 27.9. The highest BCUT2D eigenvalue weighted by molar-refractivity contribution is 5.69. The summed E-state index contributed by atoms with van der Waals surface area (Å²) in [5.41, 5.74) is 0.357. The van der Waals surface area contributed by atoms with Crippen LogP contribution in [0, 0.1) is 6.92 Å². The fourth-order valence-electron chi connectivity index (χ4n) is 1.80. The van der Waals surface area contributed by atoms with Crippen LogP contribution in [0.15, 0.2) is 11.1 Å². The van der Waals surface area contributed by atoms with Crippen molar-refractivity contribution in [3.05, 3.63) is 22.5 Å². The summed E-state index contributed by atoms with van der Waals surface area (Å²) in [6, 6.07) is 0. The van der Waals surface area contributed by atoms with E-state index in [1.54, 1.807) is 6.92 Å². The van der Waals surface area contributed by atoms with Gasteiger partial charge >= 0.3 is 0 Å². The van der Waals surface area contributed by atoms with E-state index >= 15 is 0 Å². The van der Waals surface area contributed by atoms with E-state index in [1.165, 1.54) is 11.1 Å². The molecule has 8 nitrogen and oxygen atoms in total. The lowest BCUT2D eigenvalue weighted by Crippen LogP contribution is -2.38. The second-order valence-corrected chi connectivity index (χ2v) is 3.94. The molecule has 1 aliphatic heterocycles. The smallest absolute Gasteiger partial charge is 0.279 e. The van der Waals surface area contributed by atoms with Gasteiger partial charge in [-0.05, 0) is 6.92 Å². The van der Waals surface area contributed by atoms with Crippen LogP contribution in [0.25, 0.3) is 11.2 Å². The molecule has 0 bridgehead atoms. The molecule has 0 spiro atoms. The molecule has 0 aromatic carbocycles. The molecule has 0 aliphatic carbocycles. The molecule has 8 heteroatoms. The van der Waals surface area contributed by atoms with Crippen molar-refractivity contribution in [2.24, 2.45) is 0 Å². The van der Waals surface area contributed by atoms with Gasteiger partial charge in [0.2, 0.25) is 5.65 Å². The second kappa shape index (κ2) is 4.39. The number of fused-ring (bicyclic) bond motifs is 1. The number of nitrogens with zero attached hydrogens (tertiary/aromatic N) is 3. The maximum Gasteiger partial charge on any atom is 0.279 e. The summed E-state index contributed by atoms with van der Waals surface area (Å²) in [6.07, 6.45) is 1.08. The SMILES string of the molecule is Cc1nc2c(=O)[nH]cnc2n1OC1COCOC1. The van der Waals surface area contributed by atoms with Crippen LogP contribution in [-0.2, 0) is 9.47 Å². The van der Waals surface area contributed by atoms with Gasteiger partial charge in [-0.15, -0.1) is 4.73 Å². The molecule has 1 fully saturated rings. The zero-order valence-electron chi connectivity index (χ0n) is 9.75. The minimum absolute atomic E-state index is 0.240. The Hall–Kier alpha value is -1.93. The molecule has 1 aliphatic rings. The Bertz CT molecular complexity index is 614. The van der Waals surface area contributed by atoms with Gasteiger partial charge in [-0.1, -0.05) is 0 Å². The van der Waals surface area contributed by atoms with Gasteiger partial charge in [-0.2, -0.15) is 0 Å². The number of hydrogen-bond donors (Lipinski definition) is 1. The van der Waals surface area contributed by atoms with Gasteiger partial charge < -0.3 is 19.3 Å². The largest absolute Gasteiger partial charge is 0.402 e. The van der Waals surface area contributed by atoms with Crippen LogP contribution in [0.4, 0.5) is 0 Å². The molecule has 0 unspecified atom stereocenters. The molecule has 3 heterocycles. The number of aryl methyl sites for hydroxylation is 1. The van der Waals surface area contributed by atoms with Crippen LogP contribution in [0.5, 0.6) is 0 Å². The molecular formula is C10H12N4O4. The molecule has 3 rings (SSSR count). The van der Waals surface area contributed by atoms with E-state index in [0.29, 0.717) is 24.7 Å². The highest BCUT2D eigenvalue weighted by atomic mass is 16.7. The number of H-pyrrole nitrogens is 1. The van der Waals surface area contributed by atoms with Gasteiger partial charge in [-0.3, -0.25) is 4.79 Å². The van der Waals surface area contributed by atoms with Gasteiger partial charge in [-0.25, -0.2) is 9.97 Å². The lowest BCUT2D eigenvalue weighted by molar-refractivity contribution is -0.167. The van der Waals surface area contributed by atoms with Crippen molar-refractivity contribution in [3.63, 3.8) is 0 Å². The fourth-order valence-corrected chi connectivity index (χ4v) is 1.80. The molecule has 1 saturated heterocycles. The van der Waals surface area contributed by atoms with Crippen LogP contribution in [0.2, 0.25) is 0 Å². The normalized spacial score (nSPS) is 17.2. The van der Waals surface area contributed by atoms with E-state index in [2.05, 4.69) is 15.0 Å². The van der Waals surface area contributed by atoms with Crippen molar-refractivity contribution in [3.8, 4) is 0 Å². The minimum Gasteiger partial charge on any atom is -0.402 e. The highest BCUT2D eigenvalue weighted by Gasteiger charge is 2.20. The predicted molar refractivity (Wildman–Crippen MR) is 60.0 cm³/mol. The Morgan fingerprint density at radius 1 is 1.50 bits per heavy atom. The van der Waals surface area contributed by atoms with E-state index in [1.807, 2.05) is 0 Å². The molecule has 18 heavy (non-hydrogen) atoms. The molecule has 0 atom stereocenters. The highest BCUT2D eigenvalue weighted by Crippen LogP contribution is 2.09. The molecular weight excluding hydrogens is 240 g/mol. The van der Waals surface area contributed by atoms with Crippen molar-refractivity contribution in [1.29, 1.82) is 0 Å². The summed E-state index contributed by atoms with van der Waals surface area (Å²) >= 11 is 0. The first kappa shape index (κ1) is 11.2. The van der Waals surface area contributed by atoms with Crippen LogP contribution < -0.4 is 10.4 Å². The third kappa shape index (κ3) is 1.85. The van der Waals surface area contributed by atoms with Gasteiger partial charge in [0.1, 0.15) is 12.6 Å². The Labute approximate surface area is 101 Å². The second-order valence-electron chi connectivity index (χ2n) is 3.94. The van der Waals surface area contributed by atoms with Crippen molar-refractivity contribution in [2.45, 2.75) is 13.0 Å². The van der Waals surface area contributed by atoms with E-state index in [4.69, 9.17) is 14.3 Å². The minimum atomic E-state index is -0.290. The van der Waals surface area contributed by atoms with E-state index < -0.39 is 0 Å². The summed E-state index contributed by atoms with van der Waals surface area (Å²) in [7, 11) is 0. The topological polar surface area (TPSA) is 91.3 Å².